The maximum absolute atomic E-state index is 4.34. The Morgan fingerprint density at radius 1 is 1.33 bits per heavy atom. The van der Waals surface area contributed by atoms with Crippen molar-refractivity contribution in [2.24, 2.45) is 0 Å². The van der Waals surface area contributed by atoms with Crippen LogP contribution in [0.2, 0.25) is 0 Å². The van der Waals surface area contributed by atoms with Crippen molar-refractivity contribution in [3.05, 3.63) is 11.9 Å². The fourth-order valence-corrected chi connectivity index (χ4v) is 7.04. The fraction of sp³-hybridized carbons (Fsp3) is 0.778. The van der Waals surface area contributed by atoms with Crippen molar-refractivity contribution in [1.29, 1.82) is 0 Å². The van der Waals surface area contributed by atoms with E-state index in [2.05, 4.69) is 54.0 Å². The zero-order chi connectivity index (χ0) is 9.52. The van der Waals surface area contributed by atoms with Gasteiger partial charge >= 0.3 is 83.3 Å². The molecular formula is C9H18FeNP. The second-order valence-corrected chi connectivity index (χ2v) is 9.14. The van der Waals surface area contributed by atoms with Crippen LogP contribution in [-0.4, -0.2) is 22.9 Å². The van der Waals surface area contributed by atoms with Gasteiger partial charge in [-0.15, -0.1) is 0 Å². The van der Waals surface area contributed by atoms with Crippen LogP contribution in [0, 0.1) is 0 Å². The van der Waals surface area contributed by atoms with E-state index in [-0.39, 0.29) is 0 Å². The van der Waals surface area contributed by atoms with Crippen LogP contribution in [0.1, 0.15) is 27.7 Å². The van der Waals surface area contributed by atoms with Crippen molar-refractivity contribution in [1.82, 2.24) is 4.67 Å². The molecule has 0 spiro atoms. The Labute approximate surface area is 83.5 Å². The molecule has 0 radical (unpaired) electrons. The van der Waals surface area contributed by atoms with Crippen molar-refractivity contribution >= 4 is 5.66 Å². The van der Waals surface area contributed by atoms with Gasteiger partial charge in [0.05, 0.1) is 0 Å². The molecule has 0 amide bonds. The van der Waals surface area contributed by atoms with Crippen molar-refractivity contribution in [3.63, 3.8) is 0 Å². The molecule has 1 nitrogen and oxygen atoms in total. The summed E-state index contributed by atoms with van der Waals surface area (Å²) >= 11 is 4.34. The van der Waals surface area contributed by atoms with E-state index in [1.165, 1.54) is 11.5 Å². The molecule has 1 saturated heterocycles. The molecule has 1 rings (SSSR count). The summed E-state index contributed by atoms with van der Waals surface area (Å²) in [4.78, 5) is 0. The van der Waals surface area contributed by atoms with Crippen molar-refractivity contribution in [2.75, 3.05) is 6.16 Å². The number of nitrogens with zero attached hydrogens (tertiary/aromatic N) is 1. The van der Waals surface area contributed by atoms with Crippen LogP contribution >= 0.6 is 5.66 Å². The summed E-state index contributed by atoms with van der Waals surface area (Å²) in [5, 5.41) is 1.39. The van der Waals surface area contributed by atoms with E-state index in [4.69, 9.17) is 0 Å². The summed E-state index contributed by atoms with van der Waals surface area (Å²) in [7, 11) is 0. The van der Waals surface area contributed by atoms with Gasteiger partial charge in [-0.2, -0.15) is 0 Å². The van der Waals surface area contributed by atoms with Crippen molar-refractivity contribution < 1.29 is 15.1 Å². The molecule has 0 unspecified atom stereocenters. The van der Waals surface area contributed by atoms with E-state index < -0.39 is 5.66 Å². The normalized spacial score (nSPS) is 29.2. The van der Waals surface area contributed by atoms with Gasteiger partial charge in [-0.3, -0.25) is 0 Å². The van der Waals surface area contributed by atoms with Gasteiger partial charge in [0.15, 0.2) is 0 Å². The summed E-state index contributed by atoms with van der Waals surface area (Å²) in [5.41, 5.74) is -1.09. The number of rotatable bonds is 3. The summed E-state index contributed by atoms with van der Waals surface area (Å²) in [6.07, 6.45) is 1.18. The summed E-state index contributed by atoms with van der Waals surface area (Å²) < 4.78 is 2.55. The zero-order valence-corrected chi connectivity index (χ0v) is 10.3. The topological polar surface area (TPSA) is 3.24 Å². The first-order valence-electron chi connectivity index (χ1n) is 4.43. The third kappa shape index (κ3) is 1.77. The molecule has 0 aromatic heterocycles. The monoisotopic (exact) mass is 227 g/mol. The molecule has 0 bridgehead atoms. The second-order valence-electron chi connectivity index (χ2n) is 3.95. The summed E-state index contributed by atoms with van der Waals surface area (Å²) in [5.74, 6) is 0. The molecule has 0 N–H and O–H groups in total. The predicted molar refractivity (Wildman–Crippen MR) is 53.0 cm³/mol. The Bertz CT molecular complexity index is 237. The second kappa shape index (κ2) is 3.42. The van der Waals surface area contributed by atoms with E-state index in [1.54, 1.807) is 0 Å². The van der Waals surface area contributed by atoms with Crippen LogP contribution in [0.25, 0.3) is 0 Å². The minimum atomic E-state index is -1.09. The molecule has 0 aromatic rings. The zero-order valence-electron chi connectivity index (χ0n) is 8.32. The van der Waals surface area contributed by atoms with Crippen LogP contribution in [0.3, 0.4) is 0 Å². The van der Waals surface area contributed by atoms with Crippen LogP contribution in [0.15, 0.2) is 11.9 Å². The maximum atomic E-state index is 4.34. The molecule has 0 aliphatic carbocycles. The Morgan fingerprint density at radius 2 is 1.67 bits per heavy atom. The minimum absolute atomic E-state index is 0.607. The Morgan fingerprint density at radius 3 is 1.75 bits per heavy atom. The molecular weight excluding hydrogens is 209 g/mol. The van der Waals surface area contributed by atoms with E-state index in [0.717, 1.165) is 0 Å². The van der Waals surface area contributed by atoms with E-state index >= 15 is 0 Å². The number of allylic oxidation sites excluding steroid dienone is 1. The van der Waals surface area contributed by atoms with Gasteiger partial charge in [0.1, 0.15) is 0 Å². The quantitative estimate of drug-likeness (QED) is 0.529. The van der Waals surface area contributed by atoms with Gasteiger partial charge in [-0.05, 0) is 0 Å². The van der Waals surface area contributed by atoms with Crippen LogP contribution in [-0.2, 0) is 15.1 Å². The third-order valence-electron chi connectivity index (χ3n) is 2.18. The van der Waals surface area contributed by atoms with Gasteiger partial charge in [-0.1, -0.05) is 0 Å². The van der Waals surface area contributed by atoms with E-state index in [9.17, 15) is 0 Å². The number of hydrogen-bond donors (Lipinski definition) is 0. The first-order valence-corrected chi connectivity index (χ1v) is 7.71. The molecule has 1 atom stereocenters. The Balaban J connectivity index is 2.82. The van der Waals surface area contributed by atoms with Gasteiger partial charge in [-0.25, -0.2) is 0 Å². The average Bonchev–Trinajstić information content (AvgIpc) is 2.37. The molecule has 72 valence electrons. The fourth-order valence-electron chi connectivity index (χ4n) is 1.76. The Kier molecular flexibility index (Phi) is 3.06. The van der Waals surface area contributed by atoms with Crippen molar-refractivity contribution in [2.45, 2.75) is 39.8 Å². The van der Waals surface area contributed by atoms with Crippen LogP contribution in [0.4, 0.5) is 0 Å². The SMILES string of the molecule is C=C1C[P@@]1(=[Fe])N(C(C)C)C(C)C. The molecule has 0 aromatic carbocycles. The van der Waals surface area contributed by atoms with Crippen LogP contribution < -0.4 is 0 Å². The van der Waals surface area contributed by atoms with Gasteiger partial charge in [0.2, 0.25) is 0 Å². The van der Waals surface area contributed by atoms with Crippen LogP contribution in [0.5, 0.6) is 0 Å². The molecule has 3 heteroatoms. The first kappa shape index (κ1) is 10.7. The number of hydrogen-bond acceptors (Lipinski definition) is 1. The predicted octanol–water partition coefficient (Wildman–Crippen LogP) is 3.03. The van der Waals surface area contributed by atoms with E-state index in [1.807, 2.05) is 0 Å². The summed E-state index contributed by atoms with van der Waals surface area (Å²) in [6.45, 7) is 13.0. The molecule has 1 aliphatic rings. The molecule has 1 heterocycles. The average molecular weight is 227 g/mol. The van der Waals surface area contributed by atoms with Gasteiger partial charge < -0.3 is 0 Å². The van der Waals surface area contributed by atoms with Crippen molar-refractivity contribution in [3.8, 4) is 0 Å². The Hall–Kier alpha value is 0.649. The molecule has 12 heavy (non-hydrogen) atoms. The molecule has 1 fully saturated rings. The standard InChI is InChI=1S/C9H18NP.Fe/c1-7(2)10(8(3)4)11-6-9(11)5;/h7-8H,5-6H2,1-4H3;/t11-;/m1./s1. The van der Waals surface area contributed by atoms with Gasteiger partial charge in [0, 0.05) is 0 Å². The summed E-state index contributed by atoms with van der Waals surface area (Å²) in [6, 6.07) is 1.21. The molecule has 0 saturated carbocycles. The van der Waals surface area contributed by atoms with E-state index in [0.29, 0.717) is 12.1 Å². The first-order chi connectivity index (χ1) is 5.39. The van der Waals surface area contributed by atoms with Gasteiger partial charge in [0.25, 0.3) is 0 Å². The third-order valence-corrected chi connectivity index (χ3v) is 7.68. The molecule has 1 aliphatic heterocycles.